The quantitative estimate of drug-likeness (QED) is 0.761. The molecule has 1 aliphatic rings. The SMILES string of the molecule is C=C(C)CN(C)C(=O)N1CCC(CCC(=O)O)C1. The first-order valence-electron chi connectivity index (χ1n) is 6.26. The first-order chi connectivity index (χ1) is 8.40. The van der Waals surface area contributed by atoms with Crippen LogP contribution in [0.2, 0.25) is 0 Å². The lowest BCUT2D eigenvalue weighted by molar-refractivity contribution is -0.137. The summed E-state index contributed by atoms with van der Waals surface area (Å²) in [7, 11) is 1.77. The normalized spacial score (nSPS) is 18.8. The number of likely N-dealkylation sites (tertiary alicyclic amines) is 1. The van der Waals surface area contributed by atoms with Gasteiger partial charge in [0.1, 0.15) is 0 Å². The van der Waals surface area contributed by atoms with Crippen LogP contribution in [0.3, 0.4) is 0 Å². The first-order valence-corrected chi connectivity index (χ1v) is 6.26. The molecule has 0 aromatic carbocycles. The summed E-state index contributed by atoms with van der Waals surface area (Å²) in [6, 6.07) is 0.0100. The van der Waals surface area contributed by atoms with Crippen LogP contribution in [0.5, 0.6) is 0 Å². The lowest BCUT2D eigenvalue weighted by Gasteiger charge is -2.24. The number of carboxylic acids is 1. The highest BCUT2D eigenvalue weighted by Crippen LogP contribution is 2.21. The highest BCUT2D eigenvalue weighted by molar-refractivity contribution is 5.74. The summed E-state index contributed by atoms with van der Waals surface area (Å²) < 4.78 is 0. The topological polar surface area (TPSA) is 60.9 Å². The van der Waals surface area contributed by atoms with Gasteiger partial charge in [-0.25, -0.2) is 4.79 Å². The van der Waals surface area contributed by atoms with Gasteiger partial charge in [-0.05, 0) is 25.7 Å². The molecule has 0 spiro atoms. The maximum atomic E-state index is 12.1. The molecule has 0 aromatic heterocycles. The van der Waals surface area contributed by atoms with Crippen LogP contribution < -0.4 is 0 Å². The Balaban J connectivity index is 2.38. The van der Waals surface area contributed by atoms with Gasteiger partial charge in [-0.1, -0.05) is 12.2 Å². The zero-order valence-corrected chi connectivity index (χ0v) is 11.2. The number of carbonyl (C=O) groups is 2. The molecule has 1 fully saturated rings. The second-order valence-corrected chi connectivity index (χ2v) is 5.13. The van der Waals surface area contributed by atoms with E-state index in [2.05, 4.69) is 6.58 Å². The van der Waals surface area contributed by atoms with Gasteiger partial charge in [-0.15, -0.1) is 0 Å². The van der Waals surface area contributed by atoms with E-state index in [1.54, 1.807) is 16.8 Å². The molecule has 1 unspecified atom stereocenters. The maximum absolute atomic E-state index is 12.1. The zero-order chi connectivity index (χ0) is 13.7. The van der Waals surface area contributed by atoms with Crippen molar-refractivity contribution in [3.8, 4) is 0 Å². The molecule has 18 heavy (non-hydrogen) atoms. The molecule has 1 rings (SSSR count). The van der Waals surface area contributed by atoms with E-state index in [9.17, 15) is 9.59 Å². The minimum atomic E-state index is -0.765. The van der Waals surface area contributed by atoms with E-state index < -0.39 is 5.97 Å². The highest BCUT2D eigenvalue weighted by Gasteiger charge is 2.28. The number of amides is 2. The molecule has 0 saturated carbocycles. The Morgan fingerprint density at radius 3 is 2.72 bits per heavy atom. The molecule has 2 amide bonds. The molecule has 102 valence electrons. The lowest BCUT2D eigenvalue weighted by atomic mass is 10.0. The van der Waals surface area contributed by atoms with E-state index in [-0.39, 0.29) is 12.5 Å². The van der Waals surface area contributed by atoms with Crippen molar-refractivity contribution >= 4 is 12.0 Å². The van der Waals surface area contributed by atoms with Crippen molar-refractivity contribution in [1.82, 2.24) is 9.80 Å². The van der Waals surface area contributed by atoms with Crippen molar-refractivity contribution in [2.75, 3.05) is 26.7 Å². The summed E-state index contributed by atoms with van der Waals surface area (Å²) in [5.41, 5.74) is 0.951. The molecular weight excluding hydrogens is 232 g/mol. The van der Waals surface area contributed by atoms with Crippen LogP contribution in [0.4, 0.5) is 4.79 Å². The number of likely N-dealkylation sites (N-methyl/N-ethyl adjacent to an activating group) is 1. The number of carbonyl (C=O) groups excluding carboxylic acids is 1. The predicted octanol–water partition coefficient (Wildman–Crippen LogP) is 1.80. The van der Waals surface area contributed by atoms with Gasteiger partial charge >= 0.3 is 12.0 Å². The van der Waals surface area contributed by atoms with Crippen LogP contribution in [-0.4, -0.2) is 53.6 Å². The molecule has 1 heterocycles. The molecule has 5 heteroatoms. The summed E-state index contributed by atoms with van der Waals surface area (Å²) in [4.78, 5) is 26.0. The third kappa shape index (κ3) is 4.39. The fraction of sp³-hybridized carbons (Fsp3) is 0.692. The molecule has 0 aromatic rings. The Labute approximate surface area is 108 Å². The Kier molecular flexibility index (Phi) is 5.19. The molecule has 1 saturated heterocycles. The lowest BCUT2D eigenvalue weighted by Crippen LogP contribution is -2.40. The fourth-order valence-corrected chi connectivity index (χ4v) is 2.28. The van der Waals surface area contributed by atoms with E-state index >= 15 is 0 Å². The molecule has 1 aliphatic heterocycles. The third-order valence-electron chi connectivity index (χ3n) is 3.16. The minimum Gasteiger partial charge on any atom is -0.481 e. The number of hydrogen-bond acceptors (Lipinski definition) is 2. The maximum Gasteiger partial charge on any atom is 0.320 e. The van der Waals surface area contributed by atoms with Gasteiger partial charge in [-0.3, -0.25) is 4.79 Å². The third-order valence-corrected chi connectivity index (χ3v) is 3.16. The monoisotopic (exact) mass is 254 g/mol. The Hall–Kier alpha value is -1.52. The number of hydrogen-bond donors (Lipinski definition) is 1. The van der Waals surface area contributed by atoms with E-state index in [1.807, 2.05) is 6.92 Å². The molecular formula is C13H22N2O3. The van der Waals surface area contributed by atoms with E-state index in [0.717, 1.165) is 18.5 Å². The van der Waals surface area contributed by atoms with Gasteiger partial charge in [0.15, 0.2) is 0 Å². The highest BCUT2D eigenvalue weighted by atomic mass is 16.4. The van der Waals surface area contributed by atoms with E-state index in [4.69, 9.17) is 5.11 Å². The van der Waals surface area contributed by atoms with Crippen molar-refractivity contribution in [2.45, 2.75) is 26.2 Å². The van der Waals surface area contributed by atoms with Crippen molar-refractivity contribution in [3.63, 3.8) is 0 Å². The Bertz CT molecular complexity index is 341. The van der Waals surface area contributed by atoms with Crippen LogP contribution in [0.1, 0.15) is 26.2 Å². The van der Waals surface area contributed by atoms with Gasteiger partial charge in [0, 0.05) is 33.1 Å². The average molecular weight is 254 g/mol. The summed E-state index contributed by atoms with van der Waals surface area (Å²) in [5, 5.41) is 8.64. The summed E-state index contributed by atoms with van der Waals surface area (Å²) in [6.07, 6.45) is 1.75. The van der Waals surface area contributed by atoms with Crippen molar-refractivity contribution in [1.29, 1.82) is 0 Å². The largest absolute Gasteiger partial charge is 0.481 e. The number of urea groups is 1. The summed E-state index contributed by atoms with van der Waals surface area (Å²) in [5.74, 6) is -0.442. The van der Waals surface area contributed by atoms with Gasteiger partial charge in [0.2, 0.25) is 0 Å². The van der Waals surface area contributed by atoms with Crippen molar-refractivity contribution in [2.24, 2.45) is 5.92 Å². The van der Waals surface area contributed by atoms with Crippen LogP contribution in [0.25, 0.3) is 0 Å². The molecule has 1 atom stereocenters. The summed E-state index contributed by atoms with van der Waals surface area (Å²) >= 11 is 0. The zero-order valence-electron chi connectivity index (χ0n) is 11.2. The first kappa shape index (κ1) is 14.5. The number of rotatable bonds is 5. The standard InChI is InChI=1S/C13H22N2O3/c1-10(2)8-14(3)13(18)15-7-6-11(9-15)4-5-12(16)17/h11H,1,4-9H2,2-3H3,(H,16,17). The van der Waals surface area contributed by atoms with Crippen LogP contribution in [-0.2, 0) is 4.79 Å². The van der Waals surface area contributed by atoms with Crippen molar-refractivity contribution in [3.05, 3.63) is 12.2 Å². The van der Waals surface area contributed by atoms with Gasteiger partial charge in [-0.2, -0.15) is 0 Å². The van der Waals surface area contributed by atoms with E-state index in [1.165, 1.54) is 0 Å². The van der Waals surface area contributed by atoms with Gasteiger partial charge in [0.25, 0.3) is 0 Å². The minimum absolute atomic E-state index is 0.0100. The fourth-order valence-electron chi connectivity index (χ4n) is 2.28. The summed E-state index contributed by atoms with van der Waals surface area (Å²) in [6.45, 7) is 7.65. The molecule has 0 bridgehead atoms. The van der Waals surface area contributed by atoms with Crippen LogP contribution in [0, 0.1) is 5.92 Å². The number of nitrogens with zero attached hydrogens (tertiary/aromatic N) is 2. The van der Waals surface area contributed by atoms with Crippen molar-refractivity contribution < 1.29 is 14.7 Å². The van der Waals surface area contributed by atoms with Gasteiger partial charge < -0.3 is 14.9 Å². The second kappa shape index (κ2) is 6.42. The van der Waals surface area contributed by atoms with Gasteiger partial charge in [0.05, 0.1) is 0 Å². The van der Waals surface area contributed by atoms with E-state index in [0.29, 0.717) is 25.4 Å². The smallest absolute Gasteiger partial charge is 0.320 e. The Morgan fingerprint density at radius 1 is 1.50 bits per heavy atom. The van der Waals surface area contributed by atoms with Crippen LogP contribution >= 0.6 is 0 Å². The number of aliphatic carboxylic acids is 1. The molecule has 5 nitrogen and oxygen atoms in total. The average Bonchev–Trinajstić information content (AvgIpc) is 2.72. The molecule has 0 aliphatic carbocycles. The second-order valence-electron chi connectivity index (χ2n) is 5.13. The molecule has 1 N–H and O–H groups in total. The molecule has 0 radical (unpaired) electrons. The Morgan fingerprint density at radius 2 is 2.17 bits per heavy atom. The van der Waals surface area contributed by atoms with Crippen LogP contribution in [0.15, 0.2) is 12.2 Å². The predicted molar refractivity (Wildman–Crippen MR) is 69.4 cm³/mol. The number of carboxylic acid groups (broad SMARTS) is 1.